The SMILES string of the molecule is CCOC1(c2nc(C(=O)O)c(C)s2)CCCC(C)C1. The molecule has 0 radical (unpaired) electrons. The maximum atomic E-state index is 11.1. The molecule has 1 N–H and O–H groups in total. The summed E-state index contributed by atoms with van der Waals surface area (Å²) in [5, 5.41) is 9.99. The molecule has 2 atom stereocenters. The number of aromatic carboxylic acids is 1. The highest BCUT2D eigenvalue weighted by Crippen LogP contribution is 2.44. The molecule has 1 fully saturated rings. The molecule has 1 saturated carbocycles. The molecule has 19 heavy (non-hydrogen) atoms. The van der Waals surface area contributed by atoms with E-state index in [0.29, 0.717) is 12.5 Å². The highest BCUT2D eigenvalue weighted by atomic mass is 32.1. The standard InChI is InChI=1S/C14H21NO3S/c1-4-18-14(7-5-6-9(2)8-14)13-15-11(12(16)17)10(3)19-13/h9H,4-8H2,1-3H3,(H,16,17). The molecule has 2 unspecified atom stereocenters. The summed E-state index contributed by atoms with van der Waals surface area (Å²) in [6, 6.07) is 0. The Morgan fingerprint density at radius 2 is 2.37 bits per heavy atom. The summed E-state index contributed by atoms with van der Waals surface area (Å²) >= 11 is 1.47. The smallest absolute Gasteiger partial charge is 0.355 e. The van der Waals surface area contributed by atoms with E-state index in [1.54, 1.807) is 0 Å². The number of carboxylic acid groups (broad SMARTS) is 1. The lowest BCUT2D eigenvalue weighted by Gasteiger charge is -2.38. The van der Waals surface area contributed by atoms with Gasteiger partial charge in [0.2, 0.25) is 0 Å². The number of rotatable bonds is 4. The molecule has 1 aromatic rings. The third-order valence-corrected chi connectivity index (χ3v) is 4.92. The maximum Gasteiger partial charge on any atom is 0.355 e. The van der Waals surface area contributed by atoms with Crippen LogP contribution in [0, 0.1) is 12.8 Å². The first kappa shape index (κ1) is 14.5. The van der Waals surface area contributed by atoms with Crippen molar-refractivity contribution in [2.45, 2.75) is 52.1 Å². The van der Waals surface area contributed by atoms with Gasteiger partial charge < -0.3 is 9.84 Å². The molecule has 1 heterocycles. The molecule has 4 nitrogen and oxygen atoms in total. The monoisotopic (exact) mass is 283 g/mol. The Labute approximate surface area is 117 Å². The van der Waals surface area contributed by atoms with Crippen molar-refractivity contribution in [1.29, 1.82) is 0 Å². The maximum absolute atomic E-state index is 11.1. The highest BCUT2D eigenvalue weighted by molar-refractivity contribution is 7.12. The summed E-state index contributed by atoms with van der Waals surface area (Å²) < 4.78 is 6.03. The van der Waals surface area contributed by atoms with E-state index in [4.69, 9.17) is 9.84 Å². The van der Waals surface area contributed by atoms with Crippen LogP contribution >= 0.6 is 11.3 Å². The molecule has 5 heteroatoms. The summed E-state index contributed by atoms with van der Waals surface area (Å²) in [4.78, 5) is 16.3. The Morgan fingerprint density at radius 3 is 2.89 bits per heavy atom. The first-order chi connectivity index (χ1) is 8.98. The first-order valence-electron chi connectivity index (χ1n) is 6.83. The largest absolute Gasteiger partial charge is 0.476 e. The van der Waals surface area contributed by atoms with Gasteiger partial charge >= 0.3 is 5.97 Å². The fraction of sp³-hybridized carbons (Fsp3) is 0.714. The van der Waals surface area contributed by atoms with Crippen LogP contribution in [0.25, 0.3) is 0 Å². The molecule has 1 aliphatic carbocycles. The second-order valence-corrected chi connectivity index (χ2v) is 6.56. The van der Waals surface area contributed by atoms with E-state index in [0.717, 1.165) is 29.1 Å². The minimum atomic E-state index is -0.949. The van der Waals surface area contributed by atoms with Gasteiger partial charge in [-0.25, -0.2) is 9.78 Å². The zero-order chi connectivity index (χ0) is 14.0. The van der Waals surface area contributed by atoms with Gasteiger partial charge in [-0.3, -0.25) is 0 Å². The molecule has 1 aromatic heterocycles. The Kier molecular flexibility index (Phi) is 4.26. The quantitative estimate of drug-likeness (QED) is 0.917. The van der Waals surface area contributed by atoms with Crippen LogP contribution in [0.15, 0.2) is 0 Å². The van der Waals surface area contributed by atoms with E-state index in [9.17, 15) is 4.79 Å². The molecular weight excluding hydrogens is 262 g/mol. The number of aromatic nitrogens is 1. The topological polar surface area (TPSA) is 59.4 Å². The number of nitrogens with zero attached hydrogens (tertiary/aromatic N) is 1. The number of thiazole rings is 1. The molecule has 2 rings (SSSR count). The van der Waals surface area contributed by atoms with Gasteiger partial charge in [-0.05, 0) is 39.0 Å². The Morgan fingerprint density at radius 1 is 1.63 bits per heavy atom. The Bertz CT molecular complexity index is 467. The first-order valence-corrected chi connectivity index (χ1v) is 7.65. The minimum Gasteiger partial charge on any atom is -0.476 e. The van der Waals surface area contributed by atoms with Crippen molar-refractivity contribution in [3.63, 3.8) is 0 Å². The van der Waals surface area contributed by atoms with Gasteiger partial charge in [0.25, 0.3) is 0 Å². The Balaban J connectivity index is 2.38. The summed E-state index contributed by atoms with van der Waals surface area (Å²) in [5.74, 6) is -0.353. The van der Waals surface area contributed by atoms with Crippen molar-refractivity contribution >= 4 is 17.3 Å². The predicted molar refractivity (Wildman–Crippen MR) is 74.7 cm³/mol. The van der Waals surface area contributed by atoms with Gasteiger partial charge in [0.15, 0.2) is 5.69 Å². The van der Waals surface area contributed by atoms with Crippen LogP contribution in [-0.4, -0.2) is 22.7 Å². The number of ether oxygens (including phenoxy) is 1. The van der Waals surface area contributed by atoms with Crippen molar-refractivity contribution in [1.82, 2.24) is 4.98 Å². The second kappa shape index (κ2) is 5.59. The summed E-state index contributed by atoms with van der Waals surface area (Å²) in [7, 11) is 0. The second-order valence-electron chi connectivity index (χ2n) is 5.36. The number of carboxylic acids is 1. The van der Waals surface area contributed by atoms with Gasteiger partial charge in [0.05, 0.1) is 0 Å². The van der Waals surface area contributed by atoms with Crippen LogP contribution in [0.4, 0.5) is 0 Å². The minimum absolute atomic E-state index is 0.178. The predicted octanol–water partition coefficient (Wildman–Crippen LogP) is 3.59. The van der Waals surface area contributed by atoms with E-state index >= 15 is 0 Å². The summed E-state index contributed by atoms with van der Waals surface area (Å²) in [6.07, 6.45) is 4.21. The zero-order valence-corrected chi connectivity index (χ0v) is 12.5. The Hall–Kier alpha value is -0.940. The van der Waals surface area contributed by atoms with Crippen molar-refractivity contribution < 1.29 is 14.6 Å². The van der Waals surface area contributed by atoms with E-state index < -0.39 is 5.97 Å². The van der Waals surface area contributed by atoms with Crippen molar-refractivity contribution in [2.75, 3.05) is 6.61 Å². The van der Waals surface area contributed by atoms with E-state index in [1.165, 1.54) is 17.8 Å². The average Bonchev–Trinajstić information content (AvgIpc) is 2.72. The van der Waals surface area contributed by atoms with Gasteiger partial charge in [-0.1, -0.05) is 13.3 Å². The van der Waals surface area contributed by atoms with Crippen LogP contribution in [-0.2, 0) is 10.3 Å². The molecule has 0 aliphatic heterocycles. The number of hydrogen-bond donors (Lipinski definition) is 1. The van der Waals surface area contributed by atoms with Crippen LogP contribution in [0.2, 0.25) is 0 Å². The lowest BCUT2D eigenvalue weighted by Crippen LogP contribution is -2.35. The van der Waals surface area contributed by atoms with Gasteiger partial charge in [0, 0.05) is 11.5 Å². The van der Waals surface area contributed by atoms with Gasteiger partial charge in [0.1, 0.15) is 10.6 Å². The van der Waals surface area contributed by atoms with Crippen LogP contribution < -0.4 is 0 Å². The molecule has 0 bridgehead atoms. The van der Waals surface area contributed by atoms with Crippen LogP contribution in [0.3, 0.4) is 0 Å². The number of carbonyl (C=O) groups is 1. The van der Waals surface area contributed by atoms with E-state index in [1.807, 2.05) is 13.8 Å². The fourth-order valence-electron chi connectivity index (χ4n) is 2.96. The highest BCUT2D eigenvalue weighted by Gasteiger charge is 2.40. The zero-order valence-electron chi connectivity index (χ0n) is 11.7. The normalized spacial score (nSPS) is 27.4. The fourth-order valence-corrected chi connectivity index (χ4v) is 4.04. The lowest BCUT2D eigenvalue weighted by molar-refractivity contribution is -0.0821. The third-order valence-electron chi connectivity index (χ3n) is 3.77. The van der Waals surface area contributed by atoms with Crippen molar-refractivity contribution in [2.24, 2.45) is 5.92 Å². The molecule has 0 amide bonds. The molecule has 106 valence electrons. The van der Waals surface area contributed by atoms with E-state index in [2.05, 4.69) is 11.9 Å². The molecular formula is C14H21NO3S. The third kappa shape index (κ3) is 2.82. The lowest BCUT2D eigenvalue weighted by atomic mass is 9.79. The molecule has 0 spiro atoms. The summed E-state index contributed by atoms with van der Waals surface area (Å²) in [5.41, 5.74) is -0.187. The van der Waals surface area contributed by atoms with Gasteiger partial charge in [-0.2, -0.15) is 0 Å². The average molecular weight is 283 g/mol. The van der Waals surface area contributed by atoms with Crippen LogP contribution in [0.1, 0.15) is 59.9 Å². The van der Waals surface area contributed by atoms with Crippen LogP contribution in [0.5, 0.6) is 0 Å². The summed E-state index contributed by atoms with van der Waals surface area (Å²) in [6.45, 7) is 6.66. The molecule has 1 aliphatic rings. The van der Waals surface area contributed by atoms with E-state index in [-0.39, 0.29) is 11.3 Å². The molecule has 0 saturated heterocycles. The van der Waals surface area contributed by atoms with Crippen molar-refractivity contribution in [3.8, 4) is 0 Å². The van der Waals surface area contributed by atoms with Crippen molar-refractivity contribution in [3.05, 3.63) is 15.6 Å². The number of aryl methyl sites for hydroxylation is 1. The molecule has 0 aromatic carbocycles. The number of hydrogen-bond acceptors (Lipinski definition) is 4. The van der Waals surface area contributed by atoms with Gasteiger partial charge in [-0.15, -0.1) is 11.3 Å².